The Morgan fingerprint density at radius 1 is 0.980 bits per heavy atom. The van der Waals surface area contributed by atoms with Gasteiger partial charge in [0.1, 0.15) is 24.3 Å². The largest absolute Gasteiger partial charge is 0.452 e. The van der Waals surface area contributed by atoms with Crippen LogP contribution in [0.4, 0.5) is 4.79 Å². The van der Waals surface area contributed by atoms with Gasteiger partial charge in [-0.15, -0.1) is 4.99 Å². The average Bonchev–Trinajstić information content (AvgIpc) is 3.57. The molecule has 2 heterocycles. The van der Waals surface area contributed by atoms with Gasteiger partial charge in [0, 0.05) is 26.2 Å². The normalized spacial score (nSPS) is 18.0. The molecule has 0 bridgehead atoms. The summed E-state index contributed by atoms with van der Waals surface area (Å²) in [6.07, 6.45) is 3.74. The van der Waals surface area contributed by atoms with Crippen molar-refractivity contribution < 1.29 is 37.1 Å². The third-order valence-electron chi connectivity index (χ3n) is 8.69. The molecule has 2 aromatic carbocycles. The number of piperidine rings is 1. The minimum absolute atomic E-state index is 0.0442. The van der Waals surface area contributed by atoms with Crippen molar-refractivity contribution in [1.82, 2.24) is 19.8 Å². The van der Waals surface area contributed by atoms with Gasteiger partial charge in [0.15, 0.2) is 0 Å². The van der Waals surface area contributed by atoms with Gasteiger partial charge in [0.25, 0.3) is 0 Å². The second-order valence-electron chi connectivity index (χ2n) is 13.4. The number of guanidine groups is 1. The Labute approximate surface area is 293 Å². The fourth-order valence-corrected chi connectivity index (χ4v) is 6.81. The van der Waals surface area contributed by atoms with Crippen molar-refractivity contribution in [3.05, 3.63) is 71.8 Å². The van der Waals surface area contributed by atoms with Crippen LogP contribution in [0.2, 0.25) is 0 Å². The Morgan fingerprint density at radius 2 is 1.62 bits per heavy atom. The van der Waals surface area contributed by atoms with Crippen LogP contribution in [0, 0.1) is 5.92 Å². The van der Waals surface area contributed by atoms with Gasteiger partial charge >= 0.3 is 12.1 Å². The van der Waals surface area contributed by atoms with E-state index in [4.69, 9.17) is 15.2 Å². The summed E-state index contributed by atoms with van der Waals surface area (Å²) in [6.45, 7) is 5.01. The second-order valence-corrected chi connectivity index (χ2v) is 15.2. The molecule has 2 aliphatic rings. The van der Waals surface area contributed by atoms with E-state index in [1.807, 2.05) is 30.3 Å². The lowest BCUT2D eigenvalue weighted by Gasteiger charge is -2.32. The van der Waals surface area contributed by atoms with Crippen molar-refractivity contribution in [1.29, 1.82) is 0 Å². The van der Waals surface area contributed by atoms with E-state index in [1.165, 1.54) is 4.90 Å². The highest BCUT2D eigenvalue weighted by molar-refractivity contribution is 7.88. The topological polar surface area (TPSA) is 190 Å². The Morgan fingerprint density at radius 3 is 2.26 bits per heavy atom. The van der Waals surface area contributed by atoms with Crippen LogP contribution in [0.5, 0.6) is 0 Å². The quantitative estimate of drug-likeness (QED) is 0.158. The van der Waals surface area contributed by atoms with Crippen LogP contribution in [0.3, 0.4) is 0 Å². The number of ether oxygens (including phenoxy) is 2. The maximum absolute atomic E-state index is 13.5. The number of likely N-dealkylation sites (tertiary alicyclic amines) is 2. The summed E-state index contributed by atoms with van der Waals surface area (Å²) in [6, 6.07) is 16.0. The number of nitrogens with two attached hydrogens (primary N) is 1. The number of amides is 3. The zero-order chi connectivity index (χ0) is 36.3. The van der Waals surface area contributed by atoms with Crippen molar-refractivity contribution >= 4 is 39.9 Å². The second kappa shape index (κ2) is 17.4. The molecular formula is C35H48N6O8S. The Kier molecular flexibility index (Phi) is 13.4. The molecule has 50 heavy (non-hydrogen) atoms. The van der Waals surface area contributed by atoms with E-state index in [-0.39, 0.29) is 24.9 Å². The minimum Gasteiger partial charge on any atom is -0.452 e. The fourth-order valence-electron chi connectivity index (χ4n) is 6.10. The predicted octanol–water partition coefficient (Wildman–Crippen LogP) is 2.44. The van der Waals surface area contributed by atoms with E-state index in [9.17, 15) is 27.6 Å². The molecule has 4 N–H and O–H groups in total. The van der Waals surface area contributed by atoms with E-state index in [1.54, 1.807) is 49.1 Å². The number of carbonyl (C=O) groups is 4. The van der Waals surface area contributed by atoms with Crippen LogP contribution in [0.1, 0.15) is 61.9 Å². The van der Waals surface area contributed by atoms with Gasteiger partial charge in [-0.25, -0.2) is 22.7 Å². The molecule has 2 saturated heterocycles. The van der Waals surface area contributed by atoms with Gasteiger partial charge in [0.2, 0.25) is 27.8 Å². The van der Waals surface area contributed by atoms with Gasteiger partial charge in [0.05, 0.1) is 11.8 Å². The number of carbonyl (C=O) groups excluding carboxylic acids is 4. The molecule has 3 amide bonds. The van der Waals surface area contributed by atoms with Crippen molar-refractivity contribution in [2.24, 2.45) is 16.6 Å². The zero-order valence-corrected chi connectivity index (χ0v) is 29.7. The van der Waals surface area contributed by atoms with Crippen molar-refractivity contribution in [3.63, 3.8) is 0 Å². The minimum atomic E-state index is -3.67. The number of hydrogen-bond acceptors (Lipinski definition) is 8. The smallest absolute Gasteiger partial charge is 0.436 e. The summed E-state index contributed by atoms with van der Waals surface area (Å²) < 4.78 is 37.3. The number of rotatable bonds is 13. The first-order chi connectivity index (χ1) is 23.7. The first-order valence-corrected chi connectivity index (χ1v) is 18.7. The monoisotopic (exact) mass is 712 g/mol. The van der Waals surface area contributed by atoms with Gasteiger partial charge in [-0.1, -0.05) is 48.5 Å². The summed E-state index contributed by atoms with van der Waals surface area (Å²) in [5.41, 5.74) is 6.22. The van der Waals surface area contributed by atoms with Crippen LogP contribution >= 0.6 is 0 Å². The van der Waals surface area contributed by atoms with E-state index < -0.39 is 45.7 Å². The van der Waals surface area contributed by atoms with Crippen LogP contribution < -0.4 is 15.8 Å². The molecule has 0 radical (unpaired) electrons. The third-order valence-corrected chi connectivity index (χ3v) is 9.41. The predicted molar refractivity (Wildman–Crippen MR) is 187 cm³/mol. The maximum atomic E-state index is 13.5. The van der Waals surface area contributed by atoms with Gasteiger partial charge in [-0.3, -0.25) is 9.59 Å². The molecule has 0 unspecified atom stereocenters. The molecule has 0 aliphatic carbocycles. The zero-order valence-electron chi connectivity index (χ0n) is 28.9. The average molecular weight is 713 g/mol. The van der Waals surface area contributed by atoms with E-state index in [0.29, 0.717) is 50.5 Å². The van der Waals surface area contributed by atoms with Gasteiger partial charge < -0.3 is 30.3 Å². The van der Waals surface area contributed by atoms with Crippen molar-refractivity contribution in [2.75, 3.05) is 39.0 Å². The Hall–Kier alpha value is -4.50. The lowest BCUT2D eigenvalue weighted by Crippen LogP contribution is -2.54. The van der Waals surface area contributed by atoms with Crippen LogP contribution in [0.25, 0.3) is 0 Å². The van der Waals surface area contributed by atoms with Crippen molar-refractivity contribution in [2.45, 2.75) is 70.1 Å². The first-order valence-electron chi connectivity index (χ1n) is 16.8. The lowest BCUT2D eigenvalue weighted by molar-refractivity contribution is -0.139. The number of hydrogen-bond donors (Lipinski definition) is 3. The summed E-state index contributed by atoms with van der Waals surface area (Å²) in [5, 5.41) is 2.97. The van der Waals surface area contributed by atoms with E-state index in [2.05, 4.69) is 15.0 Å². The molecule has 2 aliphatic heterocycles. The van der Waals surface area contributed by atoms with Crippen LogP contribution in [-0.4, -0.2) is 105 Å². The SMILES string of the molecule is CC(C)(COC(=O)N=C(N)N1CCC(CCNC(=O)[C@@H]2CCCN2C(=O)[C@@H](Cc2ccccc2)NS(C)(=O)=O)CC1)OC(=O)c1ccccc1. The third kappa shape index (κ3) is 11.8. The molecule has 14 nitrogen and oxygen atoms in total. The van der Waals surface area contributed by atoms with Gasteiger partial charge in [-0.2, -0.15) is 0 Å². The highest BCUT2D eigenvalue weighted by Crippen LogP contribution is 2.22. The Bertz CT molecular complexity index is 1610. The number of sulfonamides is 1. The molecule has 0 spiro atoms. The number of nitrogens with one attached hydrogen (secondary N) is 2. The van der Waals surface area contributed by atoms with Gasteiger partial charge in [-0.05, 0) is 76.0 Å². The summed E-state index contributed by atoms with van der Waals surface area (Å²) in [7, 11) is -3.67. The Balaban J connectivity index is 1.19. The lowest BCUT2D eigenvalue weighted by atomic mass is 9.93. The standard InChI is InChI=1S/C35H48N6O8S/c1-35(2,49-32(44)27-13-8-5-9-14-27)24-48-34(45)38-33(36)40-21-17-25(18-22-40)16-19-37-30(42)29-15-10-20-41(29)31(43)28(39-50(3,46)47)23-26-11-6-4-7-12-26/h4-9,11-14,25,28-29,39H,10,15-24H2,1-3H3,(H,37,42)(H2,36,38,45)/t28-,29+/m1/s1. The molecule has 0 aromatic heterocycles. The number of benzene rings is 2. The summed E-state index contributed by atoms with van der Waals surface area (Å²) >= 11 is 0. The number of nitrogens with zero attached hydrogens (tertiary/aromatic N) is 3. The first kappa shape index (κ1) is 38.3. The molecule has 2 atom stereocenters. The number of esters is 1. The fraction of sp³-hybridized carbons (Fsp3) is 0.514. The van der Waals surface area contributed by atoms with Crippen LogP contribution in [0.15, 0.2) is 65.7 Å². The number of aliphatic imine (C=N–C) groups is 1. The van der Waals surface area contributed by atoms with E-state index >= 15 is 0 Å². The summed E-state index contributed by atoms with van der Waals surface area (Å²) in [5.74, 6) is -0.841. The van der Waals surface area contributed by atoms with Crippen LogP contribution in [-0.2, 0) is 35.5 Å². The molecule has 4 rings (SSSR count). The highest BCUT2D eigenvalue weighted by atomic mass is 32.2. The molecule has 272 valence electrons. The highest BCUT2D eigenvalue weighted by Gasteiger charge is 2.38. The maximum Gasteiger partial charge on any atom is 0.436 e. The molecular weight excluding hydrogens is 664 g/mol. The molecule has 2 aromatic rings. The molecule has 15 heteroatoms. The van der Waals surface area contributed by atoms with Crippen molar-refractivity contribution in [3.8, 4) is 0 Å². The molecule has 0 saturated carbocycles. The van der Waals surface area contributed by atoms with E-state index in [0.717, 1.165) is 31.1 Å². The molecule has 2 fully saturated rings. The summed E-state index contributed by atoms with van der Waals surface area (Å²) in [4.78, 5) is 58.6.